The standard InChI is InChI=1S/C20H25N3O3/c1-3-22(15-10-6-4-7-11-15)20(25)19-17(26-2)14-18(24)23(21-19)16-12-8-5-9-13-16/h5,8-9,12-15H,3-4,6-7,10-11H2,1-2H3. The summed E-state index contributed by atoms with van der Waals surface area (Å²) >= 11 is 0. The number of para-hydroxylation sites is 1. The average molecular weight is 355 g/mol. The summed E-state index contributed by atoms with van der Waals surface area (Å²) in [6.45, 7) is 2.59. The highest BCUT2D eigenvalue weighted by Gasteiger charge is 2.28. The van der Waals surface area contributed by atoms with Gasteiger partial charge in [0.15, 0.2) is 11.4 Å². The summed E-state index contributed by atoms with van der Waals surface area (Å²) in [5.41, 5.74) is 0.476. The molecule has 6 nitrogen and oxygen atoms in total. The van der Waals surface area contributed by atoms with Gasteiger partial charge in [-0.2, -0.15) is 9.78 Å². The van der Waals surface area contributed by atoms with E-state index < -0.39 is 0 Å². The molecule has 0 unspecified atom stereocenters. The lowest BCUT2D eigenvalue weighted by molar-refractivity contribution is 0.0636. The molecule has 6 heteroatoms. The highest BCUT2D eigenvalue weighted by atomic mass is 16.5. The molecule has 1 aromatic carbocycles. The zero-order chi connectivity index (χ0) is 18.5. The van der Waals surface area contributed by atoms with E-state index in [9.17, 15) is 9.59 Å². The van der Waals surface area contributed by atoms with Crippen molar-refractivity contribution < 1.29 is 9.53 Å². The molecule has 3 rings (SSSR count). The van der Waals surface area contributed by atoms with E-state index in [2.05, 4.69) is 5.10 Å². The number of rotatable bonds is 5. The van der Waals surface area contributed by atoms with Gasteiger partial charge >= 0.3 is 0 Å². The molecule has 1 fully saturated rings. The third-order valence-corrected chi connectivity index (χ3v) is 4.94. The highest BCUT2D eigenvalue weighted by Crippen LogP contribution is 2.25. The van der Waals surface area contributed by atoms with Crippen molar-refractivity contribution in [2.24, 2.45) is 0 Å². The van der Waals surface area contributed by atoms with Crippen molar-refractivity contribution in [1.82, 2.24) is 14.7 Å². The Hall–Kier alpha value is -2.63. The maximum absolute atomic E-state index is 13.2. The number of hydrogen-bond donors (Lipinski definition) is 0. The van der Waals surface area contributed by atoms with E-state index in [1.807, 2.05) is 30.0 Å². The number of methoxy groups -OCH3 is 1. The Morgan fingerprint density at radius 2 is 1.92 bits per heavy atom. The molecule has 0 atom stereocenters. The smallest absolute Gasteiger partial charge is 0.278 e. The second-order valence-electron chi connectivity index (χ2n) is 6.53. The van der Waals surface area contributed by atoms with E-state index in [-0.39, 0.29) is 29.0 Å². The molecule has 1 saturated carbocycles. The summed E-state index contributed by atoms with van der Waals surface area (Å²) in [7, 11) is 1.46. The van der Waals surface area contributed by atoms with Crippen LogP contribution in [0.2, 0.25) is 0 Å². The number of ether oxygens (including phenoxy) is 1. The number of benzene rings is 1. The Balaban J connectivity index is 2.01. The minimum atomic E-state index is -0.328. The molecule has 1 aliphatic rings. The largest absolute Gasteiger partial charge is 0.494 e. The Bertz CT molecular complexity index is 811. The van der Waals surface area contributed by atoms with E-state index in [4.69, 9.17) is 4.74 Å². The Labute approximate surface area is 153 Å². The van der Waals surface area contributed by atoms with Crippen LogP contribution in [0.25, 0.3) is 5.69 Å². The minimum absolute atomic E-state index is 0.180. The summed E-state index contributed by atoms with van der Waals surface area (Å²) in [4.78, 5) is 27.5. The normalized spacial score (nSPS) is 14.8. The topological polar surface area (TPSA) is 64.4 Å². The fourth-order valence-electron chi connectivity index (χ4n) is 3.59. The third-order valence-electron chi connectivity index (χ3n) is 4.94. The maximum Gasteiger partial charge on any atom is 0.278 e. The van der Waals surface area contributed by atoms with Crippen LogP contribution >= 0.6 is 0 Å². The number of nitrogens with zero attached hydrogens (tertiary/aromatic N) is 3. The lowest BCUT2D eigenvalue weighted by Gasteiger charge is -2.33. The Kier molecular flexibility index (Phi) is 5.71. The van der Waals surface area contributed by atoms with Gasteiger partial charge in [-0.05, 0) is 31.9 Å². The van der Waals surface area contributed by atoms with Crippen molar-refractivity contribution in [3.8, 4) is 11.4 Å². The molecule has 1 aromatic heterocycles. The van der Waals surface area contributed by atoms with Gasteiger partial charge in [-0.3, -0.25) is 9.59 Å². The summed E-state index contributed by atoms with van der Waals surface area (Å²) in [6, 6.07) is 10.7. The molecule has 0 aliphatic heterocycles. The molecule has 0 N–H and O–H groups in total. The van der Waals surface area contributed by atoms with Crippen LogP contribution in [0.4, 0.5) is 0 Å². The van der Waals surface area contributed by atoms with E-state index in [1.165, 1.54) is 24.3 Å². The quantitative estimate of drug-likeness (QED) is 0.827. The first kappa shape index (κ1) is 18.2. The number of hydrogen-bond acceptors (Lipinski definition) is 4. The van der Waals surface area contributed by atoms with Gasteiger partial charge in [0, 0.05) is 12.6 Å². The van der Waals surface area contributed by atoms with Gasteiger partial charge in [0.05, 0.1) is 18.9 Å². The lowest BCUT2D eigenvalue weighted by Crippen LogP contribution is -2.42. The van der Waals surface area contributed by atoms with Gasteiger partial charge in [0.2, 0.25) is 0 Å². The van der Waals surface area contributed by atoms with Crippen LogP contribution in [0.15, 0.2) is 41.2 Å². The fraction of sp³-hybridized carbons (Fsp3) is 0.450. The lowest BCUT2D eigenvalue weighted by atomic mass is 9.94. The molecular weight excluding hydrogens is 330 g/mol. The summed E-state index contributed by atoms with van der Waals surface area (Å²) in [5.74, 6) is 0.0439. The highest BCUT2D eigenvalue weighted by molar-refractivity contribution is 5.95. The molecular formula is C20H25N3O3. The van der Waals surface area contributed by atoms with Gasteiger partial charge in [0.25, 0.3) is 11.5 Å². The third kappa shape index (κ3) is 3.64. The molecule has 1 aliphatic carbocycles. The Morgan fingerprint density at radius 1 is 1.23 bits per heavy atom. The molecule has 26 heavy (non-hydrogen) atoms. The monoisotopic (exact) mass is 355 g/mol. The molecule has 0 spiro atoms. The first-order valence-electron chi connectivity index (χ1n) is 9.20. The van der Waals surface area contributed by atoms with Crippen molar-refractivity contribution >= 4 is 5.91 Å². The first-order valence-corrected chi connectivity index (χ1v) is 9.20. The summed E-state index contributed by atoms with van der Waals surface area (Å²) < 4.78 is 6.55. The number of carbonyl (C=O) groups is 1. The van der Waals surface area contributed by atoms with Crippen LogP contribution in [0.3, 0.4) is 0 Å². The van der Waals surface area contributed by atoms with Gasteiger partial charge in [-0.1, -0.05) is 37.5 Å². The minimum Gasteiger partial charge on any atom is -0.494 e. The van der Waals surface area contributed by atoms with Gasteiger partial charge in [0.1, 0.15) is 0 Å². The van der Waals surface area contributed by atoms with Crippen LogP contribution in [-0.2, 0) is 0 Å². The summed E-state index contributed by atoms with van der Waals surface area (Å²) in [5, 5.41) is 4.36. The molecule has 1 amide bonds. The fourth-order valence-corrected chi connectivity index (χ4v) is 3.59. The first-order chi connectivity index (χ1) is 12.7. The van der Waals surface area contributed by atoms with E-state index in [0.717, 1.165) is 25.7 Å². The molecule has 0 saturated heterocycles. The molecule has 0 radical (unpaired) electrons. The van der Waals surface area contributed by atoms with Crippen molar-refractivity contribution in [2.45, 2.75) is 45.1 Å². The van der Waals surface area contributed by atoms with E-state index in [1.54, 1.807) is 12.1 Å². The van der Waals surface area contributed by atoms with Crippen molar-refractivity contribution in [2.75, 3.05) is 13.7 Å². The zero-order valence-electron chi connectivity index (χ0n) is 15.4. The van der Waals surface area contributed by atoms with Crippen LogP contribution in [0.5, 0.6) is 5.75 Å². The second-order valence-corrected chi connectivity index (χ2v) is 6.53. The van der Waals surface area contributed by atoms with Crippen LogP contribution in [0, 0.1) is 0 Å². The zero-order valence-corrected chi connectivity index (χ0v) is 15.4. The molecule has 138 valence electrons. The maximum atomic E-state index is 13.2. The number of amides is 1. The van der Waals surface area contributed by atoms with Crippen LogP contribution in [-0.4, -0.2) is 40.3 Å². The number of carbonyl (C=O) groups excluding carboxylic acids is 1. The molecule has 2 aromatic rings. The van der Waals surface area contributed by atoms with Crippen molar-refractivity contribution in [3.63, 3.8) is 0 Å². The van der Waals surface area contributed by atoms with Gasteiger partial charge < -0.3 is 9.64 Å². The molecule has 1 heterocycles. The van der Waals surface area contributed by atoms with Crippen molar-refractivity contribution in [3.05, 3.63) is 52.4 Å². The summed E-state index contributed by atoms with van der Waals surface area (Å²) in [6.07, 6.45) is 5.54. The number of aromatic nitrogens is 2. The molecule has 0 bridgehead atoms. The second kappa shape index (κ2) is 8.17. The van der Waals surface area contributed by atoms with Gasteiger partial charge in [-0.25, -0.2) is 0 Å². The Morgan fingerprint density at radius 3 is 2.54 bits per heavy atom. The average Bonchev–Trinajstić information content (AvgIpc) is 2.69. The SMILES string of the molecule is CCN(C(=O)c1nn(-c2ccccc2)c(=O)cc1OC)C1CCCCC1. The predicted molar refractivity (Wildman–Crippen MR) is 100.0 cm³/mol. The van der Waals surface area contributed by atoms with Crippen LogP contribution < -0.4 is 10.3 Å². The predicted octanol–water partition coefficient (Wildman–Crippen LogP) is 3.04. The van der Waals surface area contributed by atoms with E-state index >= 15 is 0 Å². The van der Waals surface area contributed by atoms with E-state index in [0.29, 0.717) is 12.2 Å². The van der Waals surface area contributed by atoms with Crippen molar-refractivity contribution in [1.29, 1.82) is 0 Å². The van der Waals surface area contributed by atoms with Gasteiger partial charge in [-0.15, -0.1) is 0 Å². The van der Waals surface area contributed by atoms with Crippen LogP contribution in [0.1, 0.15) is 49.5 Å².